The summed E-state index contributed by atoms with van der Waals surface area (Å²) in [5, 5.41) is 11.6. The Kier molecular flexibility index (Phi) is 6.45. The molecule has 1 N–H and O–H groups in total. The van der Waals surface area contributed by atoms with Crippen molar-refractivity contribution in [3.63, 3.8) is 0 Å². The summed E-state index contributed by atoms with van der Waals surface area (Å²) in [6.45, 7) is 5.52. The summed E-state index contributed by atoms with van der Waals surface area (Å²) in [5.41, 5.74) is 1.38. The van der Waals surface area contributed by atoms with E-state index in [9.17, 15) is 14.4 Å². The minimum atomic E-state index is -0.742. The Labute approximate surface area is 152 Å². The summed E-state index contributed by atoms with van der Waals surface area (Å²) in [6, 6.07) is 7.50. The van der Waals surface area contributed by atoms with Gasteiger partial charge in [-0.15, -0.1) is 0 Å². The van der Waals surface area contributed by atoms with E-state index in [-0.39, 0.29) is 18.1 Å². The highest BCUT2D eigenvalue weighted by Gasteiger charge is 2.31. The van der Waals surface area contributed by atoms with Gasteiger partial charge >= 0.3 is 0 Å². The van der Waals surface area contributed by atoms with Crippen LogP contribution in [-0.4, -0.2) is 41.1 Å². The maximum atomic E-state index is 12.6. The van der Waals surface area contributed by atoms with Crippen LogP contribution in [0, 0.1) is 11.3 Å². The van der Waals surface area contributed by atoms with E-state index in [0.29, 0.717) is 18.5 Å². The van der Waals surface area contributed by atoms with Crippen molar-refractivity contribution in [2.45, 2.75) is 31.8 Å². The summed E-state index contributed by atoms with van der Waals surface area (Å²) in [5.74, 6) is -0.818. The van der Waals surface area contributed by atoms with Crippen molar-refractivity contribution in [2.24, 2.45) is 0 Å². The van der Waals surface area contributed by atoms with E-state index in [4.69, 9.17) is 5.26 Å². The number of amides is 2. The van der Waals surface area contributed by atoms with E-state index in [1.54, 1.807) is 43.3 Å². The highest BCUT2D eigenvalue weighted by molar-refractivity contribution is 5.96. The third-order valence-corrected chi connectivity index (χ3v) is 4.26. The van der Waals surface area contributed by atoms with Crippen LogP contribution >= 0.6 is 0 Å². The first kappa shape index (κ1) is 19.1. The fourth-order valence-electron chi connectivity index (χ4n) is 2.79. The Hall–Kier alpha value is -3.20. The lowest BCUT2D eigenvalue weighted by Gasteiger charge is -2.25. The molecule has 1 aromatic carbocycles. The SMILES string of the molecule is C=CC(=O)N1CC=C[C@H]1C(=O)N[C@@H](Cc1ccc(C#N)cc1)C(=O)CC. The number of nitrogens with one attached hydrogen (secondary N) is 1. The maximum Gasteiger partial charge on any atom is 0.247 e. The summed E-state index contributed by atoms with van der Waals surface area (Å²) in [4.78, 5) is 38.1. The van der Waals surface area contributed by atoms with Gasteiger partial charge in [0.2, 0.25) is 11.8 Å². The van der Waals surface area contributed by atoms with E-state index in [2.05, 4.69) is 11.9 Å². The molecule has 0 radical (unpaired) electrons. The zero-order valence-electron chi connectivity index (χ0n) is 14.6. The van der Waals surface area contributed by atoms with Gasteiger partial charge in [0.05, 0.1) is 17.7 Å². The van der Waals surface area contributed by atoms with Crippen LogP contribution in [0.3, 0.4) is 0 Å². The first-order chi connectivity index (χ1) is 12.5. The van der Waals surface area contributed by atoms with Gasteiger partial charge in [-0.3, -0.25) is 14.4 Å². The van der Waals surface area contributed by atoms with Crippen LogP contribution in [0.2, 0.25) is 0 Å². The van der Waals surface area contributed by atoms with Crippen molar-refractivity contribution in [1.29, 1.82) is 5.26 Å². The zero-order chi connectivity index (χ0) is 19.1. The van der Waals surface area contributed by atoms with Crippen molar-refractivity contribution in [3.05, 3.63) is 60.2 Å². The van der Waals surface area contributed by atoms with Gasteiger partial charge in [0.1, 0.15) is 6.04 Å². The second-order valence-electron chi connectivity index (χ2n) is 5.96. The third-order valence-electron chi connectivity index (χ3n) is 4.26. The lowest BCUT2D eigenvalue weighted by molar-refractivity contribution is -0.135. The molecule has 1 heterocycles. The molecule has 1 aliphatic heterocycles. The lowest BCUT2D eigenvalue weighted by atomic mass is 9.99. The van der Waals surface area contributed by atoms with Crippen molar-refractivity contribution >= 4 is 17.6 Å². The van der Waals surface area contributed by atoms with Gasteiger partial charge in [0.25, 0.3) is 0 Å². The Bertz CT molecular complexity index is 774. The van der Waals surface area contributed by atoms with Gasteiger partial charge in [0, 0.05) is 13.0 Å². The quantitative estimate of drug-likeness (QED) is 0.596. The molecule has 134 valence electrons. The van der Waals surface area contributed by atoms with E-state index < -0.39 is 18.0 Å². The van der Waals surface area contributed by atoms with Crippen molar-refractivity contribution in [1.82, 2.24) is 10.2 Å². The molecule has 1 aromatic rings. The van der Waals surface area contributed by atoms with Crippen molar-refractivity contribution in [2.75, 3.05) is 6.54 Å². The lowest BCUT2D eigenvalue weighted by Crippen LogP contribution is -2.51. The standard InChI is InChI=1S/C20H21N3O3/c1-3-18(24)16(12-14-7-9-15(13-21)10-8-14)22-20(26)17-6-5-11-23(17)19(25)4-2/h4-10,16-17H,2-3,11-12H2,1H3,(H,22,26)/t16-,17-/m0/s1. The largest absolute Gasteiger partial charge is 0.344 e. The number of hydrogen-bond acceptors (Lipinski definition) is 4. The normalized spacial score (nSPS) is 16.6. The van der Waals surface area contributed by atoms with Gasteiger partial charge in [0.15, 0.2) is 5.78 Å². The topological polar surface area (TPSA) is 90.3 Å². The Morgan fingerprint density at radius 3 is 2.65 bits per heavy atom. The van der Waals surface area contributed by atoms with Crippen LogP contribution in [0.15, 0.2) is 49.1 Å². The number of hydrogen-bond donors (Lipinski definition) is 1. The molecule has 0 saturated heterocycles. The zero-order valence-corrected chi connectivity index (χ0v) is 14.6. The van der Waals surface area contributed by atoms with Gasteiger partial charge in [-0.25, -0.2) is 0 Å². The molecule has 2 atom stereocenters. The van der Waals surface area contributed by atoms with Gasteiger partial charge in [-0.1, -0.05) is 37.8 Å². The molecule has 2 amide bonds. The fraction of sp³-hybridized carbons (Fsp3) is 0.300. The van der Waals surface area contributed by atoms with Gasteiger partial charge in [-0.05, 0) is 30.2 Å². The van der Waals surface area contributed by atoms with Crippen LogP contribution in [0.4, 0.5) is 0 Å². The number of Topliss-reactive ketones (excluding diaryl/α,β-unsaturated/α-hetero) is 1. The molecule has 0 aliphatic carbocycles. The highest BCUT2D eigenvalue weighted by atomic mass is 16.2. The van der Waals surface area contributed by atoms with Crippen molar-refractivity contribution in [3.8, 4) is 6.07 Å². The summed E-state index contributed by atoms with van der Waals surface area (Å²) < 4.78 is 0. The molecule has 0 unspecified atom stereocenters. The highest BCUT2D eigenvalue weighted by Crippen LogP contribution is 2.13. The predicted octanol–water partition coefficient (Wildman–Crippen LogP) is 1.52. The molecule has 2 rings (SSSR count). The second kappa shape index (κ2) is 8.77. The Morgan fingerprint density at radius 1 is 1.38 bits per heavy atom. The van der Waals surface area contributed by atoms with E-state index in [0.717, 1.165) is 5.56 Å². The maximum absolute atomic E-state index is 12.6. The number of carbonyl (C=O) groups is 3. The number of benzene rings is 1. The summed E-state index contributed by atoms with van der Waals surface area (Å²) in [7, 11) is 0. The molecular formula is C20H21N3O3. The number of carbonyl (C=O) groups excluding carboxylic acids is 3. The van der Waals surface area contributed by atoms with E-state index >= 15 is 0 Å². The second-order valence-corrected chi connectivity index (χ2v) is 5.96. The fourth-order valence-corrected chi connectivity index (χ4v) is 2.79. The molecule has 0 bridgehead atoms. The molecule has 6 heteroatoms. The van der Waals surface area contributed by atoms with Crippen molar-refractivity contribution < 1.29 is 14.4 Å². The van der Waals surface area contributed by atoms with Crippen LogP contribution in [0.1, 0.15) is 24.5 Å². The number of nitriles is 1. The molecule has 0 saturated carbocycles. The molecule has 0 fully saturated rings. The molecular weight excluding hydrogens is 330 g/mol. The summed E-state index contributed by atoms with van der Waals surface area (Å²) in [6.07, 6.45) is 5.17. The summed E-state index contributed by atoms with van der Waals surface area (Å²) >= 11 is 0. The number of ketones is 1. The van der Waals surface area contributed by atoms with E-state index in [1.165, 1.54) is 11.0 Å². The first-order valence-corrected chi connectivity index (χ1v) is 8.42. The number of nitrogens with zero attached hydrogens (tertiary/aromatic N) is 2. The molecule has 0 aromatic heterocycles. The smallest absolute Gasteiger partial charge is 0.247 e. The average molecular weight is 351 g/mol. The molecule has 26 heavy (non-hydrogen) atoms. The number of rotatable bonds is 7. The minimum Gasteiger partial charge on any atom is -0.344 e. The Morgan fingerprint density at radius 2 is 2.08 bits per heavy atom. The van der Waals surface area contributed by atoms with Gasteiger partial charge < -0.3 is 10.2 Å². The monoisotopic (exact) mass is 351 g/mol. The van der Waals surface area contributed by atoms with Crippen LogP contribution in [0.25, 0.3) is 0 Å². The van der Waals surface area contributed by atoms with Gasteiger partial charge in [-0.2, -0.15) is 5.26 Å². The van der Waals surface area contributed by atoms with Crippen LogP contribution in [-0.2, 0) is 20.8 Å². The molecule has 6 nitrogen and oxygen atoms in total. The Balaban J connectivity index is 2.11. The average Bonchev–Trinajstić information content (AvgIpc) is 3.16. The van der Waals surface area contributed by atoms with E-state index in [1.807, 2.05) is 6.07 Å². The molecule has 1 aliphatic rings. The minimum absolute atomic E-state index is 0.0914. The predicted molar refractivity (Wildman–Crippen MR) is 96.9 cm³/mol. The van der Waals surface area contributed by atoms with Crippen LogP contribution < -0.4 is 5.32 Å². The third kappa shape index (κ3) is 4.45. The molecule has 0 spiro atoms. The first-order valence-electron chi connectivity index (χ1n) is 8.42. The van der Waals surface area contributed by atoms with Crippen LogP contribution in [0.5, 0.6) is 0 Å².